The maximum absolute atomic E-state index is 12.9. The third-order valence-electron chi connectivity index (χ3n) is 4.29. The molecule has 7 heteroatoms. The second-order valence-corrected chi connectivity index (χ2v) is 8.53. The predicted octanol–water partition coefficient (Wildman–Crippen LogP) is 4.68. The second kappa shape index (κ2) is 10.3. The monoisotopic (exact) mass is 428 g/mol. The Hall–Kier alpha value is -2.51. The van der Waals surface area contributed by atoms with Gasteiger partial charge in [0.25, 0.3) is 0 Å². The number of thiazole rings is 1. The van der Waals surface area contributed by atoms with Crippen LogP contribution in [-0.2, 0) is 24.2 Å². The quantitative estimate of drug-likeness (QED) is 0.397. The Labute approximate surface area is 177 Å². The van der Waals surface area contributed by atoms with Crippen LogP contribution in [0.15, 0.2) is 58.3 Å². The van der Waals surface area contributed by atoms with Crippen LogP contribution in [-0.4, -0.2) is 22.4 Å². The van der Waals surface area contributed by atoms with Crippen molar-refractivity contribution in [1.29, 1.82) is 0 Å². The van der Waals surface area contributed by atoms with Crippen LogP contribution < -0.4 is 5.32 Å². The summed E-state index contributed by atoms with van der Waals surface area (Å²) in [5, 5.41) is 4.63. The molecule has 0 unspecified atom stereocenters. The van der Waals surface area contributed by atoms with Gasteiger partial charge in [-0.15, -0.1) is 11.3 Å². The Balaban J connectivity index is 1.45. The number of ketones is 1. The van der Waals surface area contributed by atoms with Crippen LogP contribution in [0.5, 0.6) is 0 Å². The van der Waals surface area contributed by atoms with Crippen molar-refractivity contribution in [2.45, 2.75) is 30.6 Å². The molecule has 150 valence electrons. The second-order valence-electron chi connectivity index (χ2n) is 6.45. The highest BCUT2D eigenvalue weighted by molar-refractivity contribution is 8.01. The lowest BCUT2D eigenvalue weighted by atomic mass is 10.1. The average molecular weight is 429 g/mol. The molecule has 0 saturated carbocycles. The highest BCUT2D eigenvalue weighted by atomic mass is 32.2. The molecule has 2 aromatic carbocycles. The largest absolute Gasteiger partial charge is 0.352 e. The van der Waals surface area contributed by atoms with Gasteiger partial charge in [-0.2, -0.15) is 0 Å². The van der Waals surface area contributed by atoms with Gasteiger partial charge in [0.05, 0.1) is 17.9 Å². The average Bonchev–Trinajstić information content (AvgIpc) is 3.19. The Bertz CT molecular complexity index is 969. The maximum atomic E-state index is 12.9. The van der Waals surface area contributed by atoms with Gasteiger partial charge >= 0.3 is 0 Å². The fourth-order valence-corrected chi connectivity index (χ4v) is 4.34. The first-order valence-corrected chi connectivity index (χ1v) is 11.1. The molecule has 0 bridgehead atoms. The zero-order valence-corrected chi connectivity index (χ0v) is 17.6. The van der Waals surface area contributed by atoms with E-state index < -0.39 is 0 Å². The number of carbonyl (C=O) groups is 2. The van der Waals surface area contributed by atoms with Crippen molar-refractivity contribution in [2.75, 3.05) is 5.75 Å². The summed E-state index contributed by atoms with van der Waals surface area (Å²) in [6, 6.07) is 13.7. The molecule has 1 heterocycles. The minimum absolute atomic E-state index is 0.0615. The summed E-state index contributed by atoms with van der Waals surface area (Å²) in [6.07, 6.45) is 1.12. The fourth-order valence-electron chi connectivity index (χ4n) is 2.60. The molecule has 0 saturated heterocycles. The van der Waals surface area contributed by atoms with E-state index in [4.69, 9.17) is 0 Å². The van der Waals surface area contributed by atoms with Gasteiger partial charge in [-0.25, -0.2) is 9.37 Å². The highest BCUT2D eigenvalue weighted by Crippen LogP contribution is 2.24. The summed E-state index contributed by atoms with van der Waals surface area (Å²) >= 11 is 2.81. The van der Waals surface area contributed by atoms with Crippen LogP contribution in [0.3, 0.4) is 0 Å². The fraction of sp³-hybridized carbons (Fsp3) is 0.227. The molecule has 1 amide bonds. The highest BCUT2D eigenvalue weighted by Gasteiger charge is 2.11. The lowest BCUT2D eigenvalue weighted by Gasteiger charge is -2.04. The molecule has 1 aromatic heterocycles. The number of aromatic nitrogens is 1. The van der Waals surface area contributed by atoms with E-state index in [1.54, 1.807) is 12.1 Å². The normalized spacial score (nSPS) is 10.7. The SMILES string of the molecule is CCc1ccc(C(=O)CSc2nc(CC(=O)NCc3ccc(F)cc3)cs2)cc1. The number of benzene rings is 2. The van der Waals surface area contributed by atoms with E-state index in [0.29, 0.717) is 23.6 Å². The predicted molar refractivity (Wildman–Crippen MR) is 115 cm³/mol. The van der Waals surface area contributed by atoms with Gasteiger partial charge in [-0.1, -0.05) is 55.1 Å². The molecule has 0 radical (unpaired) electrons. The Kier molecular flexibility index (Phi) is 7.55. The van der Waals surface area contributed by atoms with E-state index in [1.807, 2.05) is 29.6 Å². The molecular formula is C22H21FN2O2S2. The molecule has 3 rings (SSSR count). The van der Waals surface area contributed by atoms with Gasteiger partial charge in [-0.3, -0.25) is 9.59 Å². The molecule has 0 aliphatic carbocycles. The first-order chi connectivity index (χ1) is 14.0. The van der Waals surface area contributed by atoms with Crippen molar-refractivity contribution in [2.24, 2.45) is 0 Å². The number of halogens is 1. The number of nitrogens with one attached hydrogen (secondary N) is 1. The van der Waals surface area contributed by atoms with Gasteiger partial charge in [-0.05, 0) is 29.7 Å². The molecule has 0 atom stereocenters. The Morgan fingerprint density at radius 3 is 2.45 bits per heavy atom. The molecule has 0 aliphatic heterocycles. The molecule has 0 aliphatic rings. The molecule has 3 aromatic rings. The van der Waals surface area contributed by atoms with Crippen molar-refractivity contribution >= 4 is 34.8 Å². The van der Waals surface area contributed by atoms with Crippen LogP contribution in [0.2, 0.25) is 0 Å². The summed E-state index contributed by atoms with van der Waals surface area (Å²) in [7, 11) is 0. The van der Waals surface area contributed by atoms with E-state index in [-0.39, 0.29) is 23.9 Å². The van der Waals surface area contributed by atoms with Gasteiger partial charge in [0.15, 0.2) is 10.1 Å². The van der Waals surface area contributed by atoms with Crippen molar-refractivity contribution in [3.05, 3.63) is 82.1 Å². The molecule has 1 N–H and O–H groups in total. The lowest BCUT2D eigenvalue weighted by Crippen LogP contribution is -2.24. The number of amides is 1. The Morgan fingerprint density at radius 1 is 1.07 bits per heavy atom. The molecule has 4 nitrogen and oxygen atoms in total. The number of hydrogen-bond donors (Lipinski definition) is 1. The van der Waals surface area contributed by atoms with E-state index in [0.717, 1.165) is 16.3 Å². The van der Waals surface area contributed by atoms with Crippen molar-refractivity contribution in [3.63, 3.8) is 0 Å². The van der Waals surface area contributed by atoms with Gasteiger partial charge < -0.3 is 5.32 Å². The number of hydrogen-bond acceptors (Lipinski definition) is 5. The number of Topliss-reactive ketones (excluding diaryl/α,β-unsaturated/α-hetero) is 1. The lowest BCUT2D eigenvalue weighted by molar-refractivity contribution is -0.120. The number of rotatable bonds is 9. The van der Waals surface area contributed by atoms with Gasteiger partial charge in [0.2, 0.25) is 5.91 Å². The number of carbonyl (C=O) groups excluding carboxylic acids is 2. The zero-order chi connectivity index (χ0) is 20.6. The van der Waals surface area contributed by atoms with Gasteiger partial charge in [0.1, 0.15) is 5.82 Å². The first kappa shape index (κ1) is 21.2. The van der Waals surface area contributed by atoms with E-state index in [1.165, 1.54) is 40.8 Å². The summed E-state index contributed by atoms with van der Waals surface area (Å²) in [5.41, 5.74) is 3.41. The first-order valence-electron chi connectivity index (χ1n) is 9.24. The molecule has 0 spiro atoms. The minimum Gasteiger partial charge on any atom is -0.352 e. The number of aryl methyl sites for hydroxylation is 1. The third kappa shape index (κ3) is 6.51. The molecule has 0 fully saturated rings. The summed E-state index contributed by atoms with van der Waals surface area (Å²) < 4.78 is 13.7. The Morgan fingerprint density at radius 2 is 1.76 bits per heavy atom. The van der Waals surface area contributed by atoms with Crippen LogP contribution in [0.1, 0.15) is 34.1 Å². The van der Waals surface area contributed by atoms with Crippen molar-refractivity contribution < 1.29 is 14.0 Å². The van der Waals surface area contributed by atoms with Crippen LogP contribution in [0.4, 0.5) is 4.39 Å². The summed E-state index contributed by atoms with van der Waals surface area (Å²) in [4.78, 5) is 28.8. The molecular weight excluding hydrogens is 407 g/mol. The van der Waals surface area contributed by atoms with Crippen LogP contribution in [0.25, 0.3) is 0 Å². The smallest absolute Gasteiger partial charge is 0.226 e. The van der Waals surface area contributed by atoms with E-state index in [2.05, 4.69) is 17.2 Å². The minimum atomic E-state index is -0.302. The molecule has 29 heavy (non-hydrogen) atoms. The van der Waals surface area contributed by atoms with Crippen LogP contribution >= 0.6 is 23.1 Å². The standard InChI is InChI=1S/C22H21FN2O2S2/c1-2-15-3-7-17(8-4-15)20(26)14-29-22-25-19(13-28-22)11-21(27)24-12-16-5-9-18(23)10-6-16/h3-10,13H,2,11-12,14H2,1H3,(H,24,27). The van der Waals surface area contributed by atoms with Gasteiger partial charge in [0, 0.05) is 17.5 Å². The number of thioether (sulfide) groups is 1. The van der Waals surface area contributed by atoms with E-state index >= 15 is 0 Å². The summed E-state index contributed by atoms with van der Waals surface area (Å²) in [5.74, 6) is -0.0754. The summed E-state index contributed by atoms with van der Waals surface area (Å²) in [6.45, 7) is 2.42. The zero-order valence-electron chi connectivity index (χ0n) is 16.0. The van der Waals surface area contributed by atoms with E-state index in [9.17, 15) is 14.0 Å². The van der Waals surface area contributed by atoms with Crippen molar-refractivity contribution in [3.8, 4) is 0 Å². The van der Waals surface area contributed by atoms with Crippen molar-refractivity contribution in [1.82, 2.24) is 10.3 Å². The maximum Gasteiger partial charge on any atom is 0.226 e. The topological polar surface area (TPSA) is 59.1 Å². The van der Waals surface area contributed by atoms with Crippen LogP contribution in [0, 0.1) is 5.82 Å². The number of nitrogens with zero attached hydrogens (tertiary/aromatic N) is 1. The third-order valence-corrected chi connectivity index (χ3v) is 6.36.